The number of aromatic nitrogens is 1. The van der Waals surface area contributed by atoms with Crippen molar-refractivity contribution in [1.82, 2.24) is 15.6 Å². The predicted octanol–water partition coefficient (Wildman–Crippen LogP) is 3.83. The Bertz CT molecular complexity index is 731. The smallest absolute Gasteiger partial charge is 0.434 e. The maximum absolute atomic E-state index is 12.7. The van der Waals surface area contributed by atoms with Crippen LogP contribution in [-0.2, 0) is 23.9 Å². The number of hydrogen-bond donors (Lipinski definition) is 2. The van der Waals surface area contributed by atoms with E-state index < -0.39 is 11.9 Å². The van der Waals surface area contributed by atoms with Gasteiger partial charge in [-0.2, -0.15) is 13.2 Å². The molecule has 1 aliphatic heterocycles. The Labute approximate surface area is 182 Å². The van der Waals surface area contributed by atoms with Gasteiger partial charge < -0.3 is 19.8 Å². The van der Waals surface area contributed by atoms with Crippen LogP contribution < -0.4 is 10.6 Å². The van der Waals surface area contributed by atoms with E-state index in [4.69, 9.17) is 9.15 Å². The minimum Gasteiger partial charge on any atom is -0.469 e. The second-order valence-corrected chi connectivity index (χ2v) is 7.00. The number of rotatable bonds is 7. The number of aliphatic imine (C=N–C) groups is 1. The summed E-state index contributed by atoms with van der Waals surface area (Å²) in [7, 11) is 0. The fourth-order valence-electron chi connectivity index (χ4n) is 2.61. The molecule has 1 saturated heterocycles. The van der Waals surface area contributed by atoms with Gasteiger partial charge in [0.15, 0.2) is 11.7 Å². The van der Waals surface area contributed by atoms with E-state index in [-0.39, 0.29) is 36.6 Å². The standard InChI is InChI=1S/C17H21F3N4O2S.HI/c18-17(19,20)14-11-27-15(24-14)10-23-16(22-9-13-4-2-8-26-13)21-6-5-12-3-1-7-25-12;/h1,3,7,11,13H,2,4-6,8-10H2,(H2,21,22,23);1H. The van der Waals surface area contributed by atoms with Crippen LogP contribution >= 0.6 is 35.3 Å². The summed E-state index contributed by atoms with van der Waals surface area (Å²) in [5, 5.41) is 7.67. The molecule has 1 atom stereocenters. The van der Waals surface area contributed by atoms with Gasteiger partial charge in [0, 0.05) is 31.5 Å². The molecule has 0 saturated carbocycles. The molecule has 156 valence electrons. The summed E-state index contributed by atoms with van der Waals surface area (Å²) < 4.78 is 48.8. The van der Waals surface area contributed by atoms with Gasteiger partial charge in [0.2, 0.25) is 0 Å². The Kier molecular flexibility index (Phi) is 9.02. The molecule has 1 unspecified atom stereocenters. The van der Waals surface area contributed by atoms with Crippen LogP contribution in [-0.4, -0.2) is 36.7 Å². The highest BCUT2D eigenvalue weighted by Crippen LogP contribution is 2.30. The molecule has 0 bridgehead atoms. The summed E-state index contributed by atoms with van der Waals surface area (Å²) in [5.74, 6) is 1.36. The monoisotopic (exact) mass is 530 g/mol. The van der Waals surface area contributed by atoms with Crippen molar-refractivity contribution >= 4 is 41.3 Å². The Morgan fingerprint density at radius 1 is 1.36 bits per heavy atom. The largest absolute Gasteiger partial charge is 0.469 e. The lowest BCUT2D eigenvalue weighted by Crippen LogP contribution is -2.41. The number of alkyl halides is 3. The maximum atomic E-state index is 12.7. The fraction of sp³-hybridized carbons (Fsp3) is 0.529. The van der Waals surface area contributed by atoms with Crippen LogP contribution in [0, 0.1) is 0 Å². The van der Waals surface area contributed by atoms with Gasteiger partial charge >= 0.3 is 6.18 Å². The molecule has 0 aromatic carbocycles. The molecule has 0 radical (unpaired) electrons. The summed E-state index contributed by atoms with van der Waals surface area (Å²) >= 11 is 0.950. The Balaban J connectivity index is 0.00000280. The Morgan fingerprint density at radius 2 is 2.21 bits per heavy atom. The Morgan fingerprint density at radius 3 is 2.86 bits per heavy atom. The minimum absolute atomic E-state index is 0. The molecular weight excluding hydrogens is 508 g/mol. The third-order valence-corrected chi connectivity index (χ3v) is 4.81. The van der Waals surface area contributed by atoms with E-state index >= 15 is 0 Å². The van der Waals surface area contributed by atoms with E-state index in [0.29, 0.717) is 30.5 Å². The summed E-state index contributed by atoms with van der Waals surface area (Å²) in [5.41, 5.74) is -0.877. The van der Waals surface area contributed by atoms with E-state index in [0.717, 1.165) is 41.9 Å². The molecule has 2 N–H and O–H groups in total. The van der Waals surface area contributed by atoms with Crippen molar-refractivity contribution in [1.29, 1.82) is 0 Å². The number of furan rings is 1. The topological polar surface area (TPSA) is 71.7 Å². The molecule has 11 heteroatoms. The van der Waals surface area contributed by atoms with E-state index in [2.05, 4.69) is 20.6 Å². The van der Waals surface area contributed by atoms with E-state index in [1.165, 1.54) is 0 Å². The van der Waals surface area contributed by atoms with Gasteiger partial charge in [0.25, 0.3) is 0 Å². The van der Waals surface area contributed by atoms with Crippen LogP contribution in [0.1, 0.15) is 29.3 Å². The third kappa shape index (κ3) is 7.24. The van der Waals surface area contributed by atoms with Gasteiger partial charge in [0.05, 0.1) is 18.9 Å². The first kappa shape index (κ1) is 22.9. The minimum atomic E-state index is -4.43. The number of ether oxygens (including phenoxy) is 1. The summed E-state index contributed by atoms with van der Waals surface area (Å²) in [6.07, 6.45) is -0.0124. The third-order valence-electron chi connectivity index (χ3n) is 3.98. The van der Waals surface area contributed by atoms with Crippen molar-refractivity contribution in [3.05, 3.63) is 40.2 Å². The first-order valence-corrected chi connectivity index (χ1v) is 9.56. The molecule has 0 spiro atoms. The molecule has 6 nitrogen and oxygen atoms in total. The zero-order chi connectivity index (χ0) is 19.1. The molecule has 1 fully saturated rings. The zero-order valence-corrected chi connectivity index (χ0v) is 18.1. The number of nitrogens with one attached hydrogen (secondary N) is 2. The van der Waals surface area contributed by atoms with E-state index in [9.17, 15) is 13.2 Å². The number of nitrogens with zero attached hydrogens (tertiary/aromatic N) is 2. The van der Waals surface area contributed by atoms with Crippen LogP contribution in [0.2, 0.25) is 0 Å². The molecule has 3 rings (SSSR count). The predicted molar refractivity (Wildman–Crippen MR) is 111 cm³/mol. The molecule has 2 aromatic heterocycles. The van der Waals surface area contributed by atoms with Crippen molar-refractivity contribution < 1.29 is 22.3 Å². The number of hydrogen-bond acceptors (Lipinski definition) is 5. The second-order valence-electron chi connectivity index (χ2n) is 6.06. The van der Waals surface area contributed by atoms with Crippen molar-refractivity contribution in [2.24, 2.45) is 4.99 Å². The quantitative estimate of drug-likeness (QED) is 0.324. The molecule has 0 aliphatic carbocycles. The van der Waals surface area contributed by atoms with Crippen molar-refractivity contribution in [2.45, 2.75) is 38.1 Å². The molecular formula is C17H22F3IN4O2S. The molecule has 28 heavy (non-hydrogen) atoms. The van der Waals surface area contributed by atoms with Gasteiger partial charge in [-0.3, -0.25) is 0 Å². The van der Waals surface area contributed by atoms with Crippen LogP contribution in [0.5, 0.6) is 0 Å². The van der Waals surface area contributed by atoms with E-state index in [1.807, 2.05) is 12.1 Å². The maximum Gasteiger partial charge on any atom is 0.434 e. The normalized spacial score (nSPS) is 17.4. The lowest BCUT2D eigenvalue weighted by molar-refractivity contribution is -0.140. The number of guanidine groups is 1. The first-order chi connectivity index (χ1) is 13.0. The number of thiazole rings is 1. The lowest BCUT2D eigenvalue weighted by Gasteiger charge is -2.15. The second kappa shape index (κ2) is 11.0. The first-order valence-electron chi connectivity index (χ1n) is 8.68. The van der Waals surface area contributed by atoms with Crippen LogP contribution in [0.15, 0.2) is 33.2 Å². The van der Waals surface area contributed by atoms with Crippen LogP contribution in [0.25, 0.3) is 0 Å². The fourth-order valence-corrected chi connectivity index (χ4v) is 3.33. The SMILES string of the molecule is FC(F)(F)c1csc(CN=C(NCCc2ccco2)NCC2CCCO2)n1.I. The number of halogens is 4. The highest BCUT2D eigenvalue weighted by atomic mass is 127. The zero-order valence-electron chi connectivity index (χ0n) is 15.0. The van der Waals surface area contributed by atoms with Gasteiger partial charge in [-0.05, 0) is 25.0 Å². The highest BCUT2D eigenvalue weighted by molar-refractivity contribution is 14.0. The molecule has 1 aliphatic rings. The van der Waals surface area contributed by atoms with Gasteiger partial charge in [-0.1, -0.05) is 0 Å². The van der Waals surface area contributed by atoms with Crippen molar-refractivity contribution in [3.8, 4) is 0 Å². The van der Waals surface area contributed by atoms with Gasteiger partial charge in [0.1, 0.15) is 10.8 Å². The Hall–Kier alpha value is -1.34. The summed E-state index contributed by atoms with van der Waals surface area (Å²) in [6, 6.07) is 3.70. The average molecular weight is 530 g/mol. The van der Waals surface area contributed by atoms with Crippen molar-refractivity contribution in [3.63, 3.8) is 0 Å². The van der Waals surface area contributed by atoms with Crippen LogP contribution in [0.4, 0.5) is 13.2 Å². The van der Waals surface area contributed by atoms with Gasteiger partial charge in [-0.15, -0.1) is 35.3 Å². The summed E-state index contributed by atoms with van der Waals surface area (Å²) in [4.78, 5) is 7.96. The lowest BCUT2D eigenvalue weighted by atomic mass is 10.2. The van der Waals surface area contributed by atoms with Crippen molar-refractivity contribution in [2.75, 3.05) is 19.7 Å². The highest BCUT2D eigenvalue weighted by Gasteiger charge is 2.33. The molecule has 0 amide bonds. The summed E-state index contributed by atoms with van der Waals surface area (Å²) in [6.45, 7) is 2.00. The van der Waals surface area contributed by atoms with Gasteiger partial charge in [-0.25, -0.2) is 9.98 Å². The van der Waals surface area contributed by atoms with Crippen LogP contribution in [0.3, 0.4) is 0 Å². The molecule has 3 heterocycles. The molecule has 2 aromatic rings. The van der Waals surface area contributed by atoms with E-state index in [1.54, 1.807) is 6.26 Å². The average Bonchev–Trinajstić information content (AvgIpc) is 3.39.